The Morgan fingerprint density at radius 3 is 2.58 bits per heavy atom. The number of benzene rings is 1. The fraction of sp³-hybridized carbons (Fsp3) is 0.278. The second-order valence-corrected chi connectivity index (χ2v) is 7.33. The highest BCUT2D eigenvalue weighted by atomic mass is 32.2. The molecule has 1 saturated heterocycles. The maximum Gasteiger partial charge on any atom is 0.266 e. The molecule has 3 rings (SSSR count). The van der Waals surface area contributed by atoms with Crippen molar-refractivity contribution < 1.29 is 4.79 Å². The molecule has 124 valence electrons. The van der Waals surface area contributed by atoms with Gasteiger partial charge in [-0.1, -0.05) is 54.3 Å². The van der Waals surface area contributed by atoms with Gasteiger partial charge in [-0.3, -0.25) is 14.4 Å². The summed E-state index contributed by atoms with van der Waals surface area (Å²) in [5.41, 5.74) is 4.18. The van der Waals surface area contributed by atoms with Gasteiger partial charge in [0.25, 0.3) is 5.91 Å². The molecule has 1 aliphatic heterocycles. The fourth-order valence-electron chi connectivity index (χ4n) is 2.73. The summed E-state index contributed by atoms with van der Waals surface area (Å²) in [6.07, 6.45) is 1.92. The minimum Gasteiger partial charge on any atom is -0.293 e. The van der Waals surface area contributed by atoms with Crippen LogP contribution in [0.3, 0.4) is 0 Å². The lowest BCUT2D eigenvalue weighted by Crippen LogP contribution is -2.27. The summed E-state index contributed by atoms with van der Waals surface area (Å²) >= 11 is 6.64. The monoisotopic (exact) mass is 357 g/mol. The molecule has 0 saturated carbocycles. The Morgan fingerprint density at radius 2 is 1.96 bits per heavy atom. The number of hydrogen-bond donors (Lipinski definition) is 0. The van der Waals surface area contributed by atoms with Gasteiger partial charge in [-0.15, -0.1) is 0 Å². The van der Waals surface area contributed by atoms with E-state index < -0.39 is 0 Å². The van der Waals surface area contributed by atoms with Crippen LogP contribution in [0.25, 0.3) is 6.08 Å². The average molecular weight is 358 g/mol. The molecule has 0 radical (unpaired) electrons. The number of thioether (sulfide) groups is 1. The standard InChI is InChI=1S/C18H19N3OS2/c1-4-20-17(22)16(24-18(20)23)10-15-12(2)19-21(13(15)3)11-14-8-6-5-7-9-14/h5-10H,4,11H2,1-3H3/b16-10+. The van der Waals surface area contributed by atoms with Gasteiger partial charge in [-0.2, -0.15) is 5.10 Å². The number of aromatic nitrogens is 2. The van der Waals surface area contributed by atoms with E-state index >= 15 is 0 Å². The molecule has 1 aliphatic rings. The Balaban J connectivity index is 1.91. The molecule has 0 atom stereocenters. The van der Waals surface area contributed by atoms with E-state index in [0.717, 1.165) is 23.5 Å². The van der Waals surface area contributed by atoms with E-state index in [9.17, 15) is 4.79 Å². The van der Waals surface area contributed by atoms with Crippen LogP contribution in [0.4, 0.5) is 0 Å². The summed E-state index contributed by atoms with van der Waals surface area (Å²) in [5.74, 6) is -0.0119. The molecule has 1 amide bonds. The van der Waals surface area contributed by atoms with E-state index in [2.05, 4.69) is 17.2 Å². The maximum absolute atomic E-state index is 12.4. The molecule has 4 nitrogen and oxygen atoms in total. The molecule has 0 aliphatic carbocycles. The van der Waals surface area contributed by atoms with E-state index in [1.165, 1.54) is 17.3 Å². The van der Waals surface area contributed by atoms with Gasteiger partial charge < -0.3 is 0 Å². The maximum atomic E-state index is 12.4. The first-order valence-corrected chi connectivity index (χ1v) is 9.07. The van der Waals surface area contributed by atoms with Crippen LogP contribution in [0.2, 0.25) is 0 Å². The van der Waals surface area contributed by atoms with Crippen LogP contribution in [0.5, 0.6) is 0 Å². The number of nitrogens with zero attached hydrogens (tertiary/aromatic N) is 3. The van der Waals surface area contributed by atoms with E-state index in [4.69, 9.17) is 12.2 Å². The number of carbonyl (C=O) groups is 1. The van der Waals surface area contributed by atoms with Crippen molar-refractivity contribution in [1.82, 2.24) is 14.7 Å². The Hall–Kier alpha value is -1.92. The Labute approximate surface area is 151 Å². The van der Waals surface area contributed by atoms with Gasteiger partial charge >= 0.3 is 0 Å². The first-order valence-electron chi connectivity index (χ1n) is 7.84. The van der Waals surface area contributed by atoms with Crippen LogP contribution in [-0.4, -0.2) is 31.5 Å². The van der Waals surface area contributed by atoms with Gasteiger partial charge in [0.15, 0.2) is 0 Å². The number of amides is 1. The zero-order valence-electron chi connectivity index (χ0n) is 13.9. The van der Waals surface area contributed by atoms with Crippen molar-refractivity contribution in [3.05, 3.63) is 57.8 Å². The molecule has 0 N–H and O–H groups in total. The van der Waals surface area contributed by atoms with E-state index in [0.29, 0.717) is 15.8 Å². The van der Waals surface area contributed by atoms with Crippen LogP contribution in [0.15, 0.2) is 35.2 Å². The van der Waals surface area contributed by atoms with Crippen molar-refractivity contribution >= 4 is 40.3 Å². The van der Waals surface area contributed by atoms with Gasteiger partial charge in [0.05, 0.1) is 17.1 Å². The minimum atomic E-state index is -0.0119. The Bertz CT molecular complexity index is 824. The molecular weight excluding hydrogens is 338 g/mol. The Morgan fingerprint density at radius 1 is 1.25 bits per heavy atom. The third-order valence-corrected chi connectivity index (χ3v) is 5.46. The lowest BCUT2D eigenvalue weighted by Gasteiger charge is -2.09. The summed E-state index contributed by atoms with van der Waals surface area (Å²) < 4.78 is 2.61. The smallest absolute Gasteiger partial charge is 0.266 e. The number of likely N-dealkylation sites (N-methyl/N-ethyl adjacent to an activating group) is 1. The molecule has 0 unspecified atom stereocenters. The number of aryl methyl sites for hydroxylation is 1. The van der Waals surface area contributed by atoms with E-state index in [1.54, 1.807) is 4.90 Å². The normalized spacial score (nSPS) is 16.5. The fourth-order valence-corrected chi connectivity index (χ4v) is 4.10. The molecule has 1 aromatic heterocycles. The van der Waals surface area contributed by atoms with E-state index in [1.807, 2.05) is 49.7 Å². The molecular formula is C18H19N3OS2. The van der Waals surface area contributed by atoms with Crippen LogP contribution in [0, 0.1) is 13.8 Å². The Kier molecular flexibility index (Phi) is 4.87. The van der Waals surface area contributed by atoms with Gasteiger partial charge in [0.2, 0.25) is 0 Å². The van der Waals surface area contributed by atoms with Gasteiger partial charge in [-0.05, 0) is 32.4 Å². The minimum absolute atomic E-state index is 0.0119. The first-order chi connectivity index (χ1) is 11.5. The quantitative estimate of drug-likeness (QED) is 0.617. The topological polar surface area (TPSA) is 38.1 Å². The summed E-state index contributed by atoms with van der Waals surface area (Å²) in [7, 11) is 0. The second kappa shape index (κ2) is 6.91. The van der Waals surface area contributed by atoms with Crippen molar-refractivity contribution in [3.8, 4) is 0 Å². The highest BCUT2D eigenvalue weighted by molar-refractivity contribution is 8.26. The van der Waals surface area contributed by atoms with Crippen LogP contribution < -0.4 is 0 Å². The molecule has 1 fully saturated rings. The van der Waals surface area contributed by atoms with Gasteiger partial charge in [-0.25, -0.2) is 0 Å². The molecule has 2 heterocycles. The van der Waals surface area contributed by atoms with Crippen molar-refractivity contribution in [2.24, 2.45) is 0 Å². The zero-order valence-corrected chi connectivity index (χ0v) is 15.6. The third kappa shape index (κ3) is 3.16. The summed E-state index contributed by atoms with van der Waals surface area (Å²) in [6, 6.07) is 10.2. The average Bonchev–Trinajstić information content (AvgIpc) is 2.99. The molecule has 2 aromatic rings. The first kappa shape index (κ1) is 16.9. The number of rotatable bonds is 4. The molecule has 1 aromatic carbocycles. The van der Waals surface area contributed by atoms with Gasteiger partial charge in [0.1, 0.15) is 4.32 Å². The summed E-state index contributed by atoms with van der Waals surface area (Å²) in [4.78, 5) is 14.7. The van der Waals surface area contributed by atoms with Crippen molar-refractivity contribution in [2.45, 2.75) is 27.3 Å². The number of hydrogen-bond acceptors (Lipinski definition) is 4. The van der Waals surface area contributed by atoms with Crippen LogP contribution in [-0.2, 0) is 11.3 Å². The second-order valence-electron chi connectivity index (χ2n) is 5.65. The van der Waals surface area contributed by atoms with Gasteiger partial charge in [0, 0.05) is 17.8 Å². The summed E-state index contributed by atoms with van der Waals surface area (Å²) in [6.45, 7) is 7.27. The highest BCUT2D eigenvalue weighted by Gasteiger charge is 2.31. The SMILES string of the molecule is CCN1C(=O)/C(=C\c2c(C)nn(Cc3ccccc3)c2C)SC1=S. The molecule has 0 spiro atoms. The molecule has 6 heteroatoms. The van der Waals surface area contributed by atoms with Crippen LogP contribution in [0.1, 0.15) is 29.4 Å². The van der Waals surface area contributed by atoms with Crippen LogP contribution >= 0.6 is 24.0 Å². The number of carbonyl (C=O) groups excluding carboxylic acids is 1. The zero-order chi connectivity index (χ0) is 17.3. The van der Waals surface area contributed by atoms with Crippen molar-refractivity contribution in [1.29, 1.82) is 0 Å². The van der Waals surface area contributed by atoms with E-state index in [-0.39, 0.29) is 5.91 Å². The summed E-state index contributed by atoms with van der Waals surface area (Å²) in [5, 5.41) is 4.64. The van der Waals surface area contributed by atoms with Crippen molar-refractivity contribution in [2.75, 3.05) is 6.54 Å². The lowest BCUT2D eigenvalue weighted by molar-refractivity contribution is -0.121. The van der Waals surface area contributed by atoms with Crippen molar-refractivity contribution in [3.63, 3.8) is 0 Å². The largest absolute Gasteiger partial charge is 0.293 e. The predicted molar refractivity (Wildman–Crippen MR) is 103 cm³/mol. The lowest BCUT2D eigenvalue weighted by atomic mass is 10.1. The third-order valence-electron chi connectivity index (χ3n) is 4.08. The predicted octanol–water partition coefficient (Wildman–Crippen LogP) is 3.77. The molecule has 0 bridgehead atoms. The molecule has 24 heavy (non-hydrogen) atoms. The number of thiocarbonyl (C=S) groups is 1. The highest BCUT2D eigenvalue weighted by Crippen LogP contribution is 2.33.